The Bertz CT molecular complexity index is 640. The van der Waals surface area contributed by atoms with Crippen molar-refractivity contribution in [3.8, 4) is 6.07 Å². The molecule has 0 atom stereocenters. The van der Waals surface area contributed by atoms with Gasteiger partial charge in [-0.1, -0.05) is 41.9 Å². The molecule has 0 amide bonds. The summed E-state index contributed by atoms with van der Waals surface area (Å²) in [5.74, 6) is 0.631. The lowest BCUT2D eigenvalue weighted by Crippen LogP contribution is -2.34. The molecule has 2 aromatic carbocycles. The van der Waals surface area contributed by atoms with Gasteiger partial charge in [0.2, 0.25) is 0 Å². The fourth-order valence-corrected chi connectivity index (χ4v) is 2.83. The highest BCUT2D eigenvalue weighted by Gasteiger charge is 2.30. The van der Waals surface area contributed by atoms with Crippen molar-refractivity contribution >= 4 is 17.3 Å². The minimum atomic E-state index is 0.437. The molecule has 1 fully saturated rings. The lowest BCUT2D eigenvalue weighted by Gasteiger charge is -2.37. The van der Waals surface area contributed by atoms with Crippen molar-refractivity contribution in [2.45, 2.75) is 24.8 Å². The van der Waals surface area contributed by atoms with E-state index in [0.29, 0.717) is 22.5 Å². The summed E-state index contributed by atoms with van der Waals surface area (Å²) in [6.45, 7) is 0. The molecule has 1 saturated carbocycles. The van der Waals surface area contributed by atoms with E-state index in [4.69, 9.17) is 16.9 Å². The van der Waals surface area contributed by atoms with E-state index in [0.717, 1.165) is 18.5 Å². The van der Waals surface area contributed by atoms with Crippen LogP contribution in [0.1, 0.15) is 29.9 Å². The number of nitriles is 1. The van der Waals surface area contributed by atoms with E-state index in [1.54, 1.807) is 12.1 Å². The zero-order valence-corrected chi connectivity index (χ0v) is 11.8. The van der Waals surface area contributed by atoms with Crippen LogP contribution in [0.25, 0.3) is 0 Å². The molecular formula is C17H15ClN2. The molecule has 0 bridgehead atoms. The van der Waals surface area contributed by atoms with Crippen LogP contribution in [0.2, 0.25) is 5.02 Å². The van der Waals surface area contributed by atoms with E-state index < -0.39 is 0 Å². The summed E-state index contributed by atoms with van der Waals surface area (Å²) in [7, 11) is 0. The van der Waals surface area contributed by atoms with Crippen LogP contribution in [0.4, 0.5) is 5.69 Å². The average molecular weight is 283 g/mol. The Morgan fingerprint density at radius 3 is 2.55 bits per heavy atom. The summed E-state index contributed by atoms with van der Waals surface area (Å²) in [6.07, 6.45) is 2.22. The fourth-order valence-electron chi connectivity index (χ4n) is 2.66. The topological polar surface area (TPSA) is 35.8 Å². The maximum absolute atomic E-state index is 8.93. The highest BCUT2D eigenvalue weighted by Crippen LogP contribution is 2.39. The Hall–Kier alpha value is -1.98. The van der Waals surface area contributed by atoms with Crippen molar-refractivity contribution in [3.05, 3.63) is 64.7 Å². The third kappa shape index (κ3) is 2.64. The molecule has 2 nitrogen and oxygen atoms in total. The minimum absolute atomic E-state index is 0.437. The van der Waals surface area contributed by atoms with Crippen LogP contribution < -0.4 is 5.32 Å². The lowest BCUT2D eigenvalue weighted by molar-refractivity contribution is 0.374. The first-order chi connectivity index (χ1) is 9.76. The molecule has 0 saturated heterocycles. The van der Waals surface area contributed by atoms with E-state index in [1.165, 1.54) is 5.56 Å². The molecule has 0 aliphatic heterocycles. The normalized spacial score (nSPS) is 20.8. The highest BCUT2D eigenvalue weighted by molar-refractivity contribution is 6.33. The number of halogens is 1. The number of nitrogens with one attached hydrogen (secondary N) is 1. The third-order valence-corrected chi connectivity index (χ3v) is 4.19. The number of hydrogen-bond donors (Lipinski definition) is 1. The Kier molecular flexibility index (Phi) is 3.62. The summed E-state index contributed by atoms with van der Waals surface area (Å²) >= 11 is 6.16. The van der Waals surface area contributed by atoms with Gasteiger partial charge in [0.1, 0.15) is 0 Å². The summed E-state index contributed by atoms with van der Waals surface area (Å²) < 4.78 is 0. The molecule has 1 aliphatic carbocycles. The molecule has 2 aromatic rings. The van der Waals surface area contributed by atoms with Crippen LogP contribution >= 0.6 is 11.6 Å². The highest BCUT2D eigenvalue weighted by atomic mass is 35.5. The minimum Gasteiger partial charge on any atom is -0.381 e. The van der Waals surface area contributed by atoms with Crippen molar-refractivity contribution < 1.29 is 0 Å². The first kappa shape index (κ1) is 13.0. The van der Waals surface area contributed by atoms with Gasteiger partial charge in [0.15, 0.2) is 0 Å². The van der Waals surface area contributed by atoms with Crippen molar-refractivity contribution in [2.75, 3.05) is 5.32 Å². The van der Waals surface area contributed by atoms with E-state index in [-0.39, 0.29) is 0 Å². The van der Waals surface area contributed by atoms with Gasteiger partial charge in [0, 0.05) is 6.04 Å². The van der Waals surface area contributed by atoms with Crippen molar-refractivity contribution in [3.63, 3.8) is 0 Å². The first-order valence-corrected chi connectivity index (χ1v) is 7.15. The van der Waals surface area contributed by atoms with Gasteiger partial charge in [-0.05, 0) is 42.5 Å². The maximum atomic E-state index is 8.93. The Balaban J connectivity index is 1.63. The van der Waals surface area contributed by atoms with Gasteiger partial charge in [-0.3, -0.25) is 0 Å². The van der Waals surface area contributed by atoms with E-state index >= 15 is 0 Å². The summed E-state index contributed by atoms with van der Waals surface area (Å²) in [5, 5.41) is 13.0. The summed E-state index contributed by atoms with van der Waals surface area (Å²) in [6, 6.07) is 18.5. The monoisotopic (exact) mass is 282 g/mol. The zero-order valence-electron chi connectivity index (χ0n) is 11.0. The summed E-state index contributed by atoms with van der Waals surface area (Å²) in [4.78, 5) is 0. The molecule has 3 rings (SSSR count). The Labute approximate surface area is 124 Å². The van der Waals surface area contributed by atoms with Gasteiger partial charge in [0.25, 0.3) is 0 Å². The quantitative estimate of drug-likeness (QED) is 0.895. The van der Waals surface area contributed by atoms with Crippen molar-refractivity contribution in [2.24, 2.45) is 0 Å². The number of nitrogens with zero attached hydrogens (tertiary/aromatic N) is 1. The first-order valence-electron chi connectivity index (χ1n) is 6.77. The second-order valence-corrected chi connectivity index (χ2v) is 5.63. The van der Waals surface area contributed by atoms with Crippen LogP contribution in [0.15, 0.2) is 48.5 Å². The van der Waals surface area contributed by atoms with Gasteiger partial charge in [-0.2, -0.15) is 5.26 Å². The smallest absolute Gasteiger partial charge is 0.0992 e. The molecule has 0 unspecified atom stereocenters. The molecule has 20 heavy (non-hydrogen) atoms. The second-order valence-electron chi connectivity index (χ2n) is 5.23. The lowest BCUT2D eigenvalue weighted by atomic mass is 9.76. The number of benzene rings is 2. The molecular weight excluding hydrogens is 268 g/mol. The third-order valence-electron chi connectivity index (χ3n) is 3.86. The largest absolute Gasteiger partial charge is 0.381 e. The number of hydrogen-bond acceptors (Lipinski definition) is 2. The SMILES string of the molecule is N#Cc1ccc(Cl)c(NC2CC(c3ccccc3)C2)c1. The maximum Gasteiger partial charge on any atom is 0.0992 e. The zero-order chi connectivity index (χ0) is 13.9. The molecule has 100 valence electrons. The molecule has 0 aromatic heterocycles. The van der Waals surface area contributed by atoms with Gasteiger partial charge in [0.05, 0.1) is 22.3 Å². The molecule has 0 heterocycles. The van der Waals surface area contributed by atoms with Crippen molar-refractivity contribution in [1.29, 1.82) is 5.26 Å². The van der Waals surface area contributed by atoms with E-state index in [9.17, 15) is 0 Å². The molecule has 1 aliphatic rings. The summed E-state index contributed by atoms with van der Waals surface area (Å²) in [5.41, 5.74) is 2.90. The van der Waals surface area contributed by atoms with Crippen LogP contribution in [-0.2, 0) is 0 Å². The predicted molar refractivity (Wildman–Crippen MR) is 82.0 cm³/mol. The molecule has 0 radical (unpaired) electrons. The van der Waals surface area contributed by atoms with Gasteiger partial charge in [-0.15, -0.1) is 0 Å². The average Bonchev–Trinajstić information content (AvgIpc) is 2.45. The number of rotatable bonds is 3. The van der Waals surface area contributed by atoms with E-state index in [1.807, 2.05) is 12.1 Å². The van der Waals surface area contributed by atoms with Gasteiger partial charge >= 0.3 is 0 Å². The molecule has 3 heteroatoms. The number of anilines is 1. The van der Waals surface area contributed by atoms with Crippen LogP contribution in [0.3, 0.4) is 0 Å². The molecule has 1 N–H and O–H groups in total. The standard InChI is InChI=1S/C17H15ClN2/c18-16-7-6-12(11-19)8-17(16)20-15-9-14(10-15)13-4-2-1-3-5-13/h1-8,14-15,20H,9-10H2. The van der Waals surface area contributed by atoms with Gasteiger partial charge in [-0.25, -0.2) is 0 Å². The van der Waals surface area contributed by atoms with Crippen LogP contribution in [-0.4, -0.2) is 6.04 Å². The van der Waals surface area contributed by atoms with Crippen LogP contribution in [0.5, 0.6) is 0 Å². The predicted octanol–water partition coefficient (Wildman–Crippen LogP) is 4.57. The molecule has 0 spiro atoms. The van der Waals surface area contributed by atoms with Crippen molar-refractivity contribution in [1.82, 2.24) is 0 Å². The van der Waals surface area contributed by atoms with Gasteiger partial charge < -0.3 is 5.32 Å². The Morgan fingerprint density at radius 2 is 1.85 bits per heavy atom. The second kappa shape index (κ2) is 5.56. The van der Waals surface area contributed by atoms with Crippen LogP contribution in [0, 0.1) is 11.3 Å². The van der Waals surface area contributed by atoms with E-state index in [2.05, 4.69) is 35.7 Å². The fraction of sp³-hybridized carbons (Fsp3) is 0.235. The Morgan fingerprint density at radius 1 is 1.10 bits per heavy atom.